The molecule has 4 heteroatoms. The lowest BCUT2D eigenvalue weighted by molar-refractivity contribution is -0.122. The van der Waals surface area contributed by atoms with Crippen LogP contribution in [-0.2, 0) is 4.79 Å². The molecule has 82 valence electrons. The van der Waals surface area contributed by atoms with Crippen LogP contribution < -0.4 is 5.32 Å². The summed E-state index contributed by atoms with van der Waals surface area (Å²) in [5.41, 5.74) is 1.03. The summed E-state index contributed by atoms with van der Waals surface area (Å²) in [5.74, 6) is -0.0339. The molecule has 0 unspecified atom stereocenters. The molecule has 0 aliphatic heterocycles. The molecule has 0 spiro atoms. The third-order valence-corrected chi connectivity index (χ3v) is 2.15. The zero-order valence-corrected chi connectivity index (χ0v) is 8.81. The molecule has 0 aromatic carbocycles. The number of aromatic nitrogens is 1. The van der Waals surface area contributed by atoms with E-state index in [0.29, 0.717) is 12.8 Å². The molecule has 0 saturated heterocycles. The van der Waals surface area contributed by atoms with Gasteiger partial charge in [0.15, 0.2) is 0 Å². The van der Waals surface area contributed by atoms with Gasteiger partial charge in [-0.25, -0.2) is 0 Å². The van der Waals surface area contributed by atoms with E-state index in [2.05, 4.69) is 10.3 Å². The highest BCUT2D eigenvalue weighted by molar-refractivity contribution is 5.76. The van der Waals surface area contributed by atoms with Gasteiger partial charge in [-0.2, -0.15) is 0 Å². The normalized spacial score (nSPS) is 12.1. The highest BCUT2D eigenvalue weighted by atomic mass is 16.3. The van der Waals surface area contributed by atoms with Crippen LogP contribution in [0.25, 0.3) is 0 Å². The van der Waals surface area contributed by atoms with Crippen LogP contribution in [0.15, 0.2) is 24.5 Å². The van der Waals surface area contributed by atoms with Crippen molar-refractivity contribution in [2.24, 2.45) is 0 Å². The summed E-state index contributed by atoms with van der Waals surface area (Å²) in [5, 5.41) is 11.4. The fraction of sp³-hybridized carbons (Fsp3) is 0.455. The van der Waals surface area contributed by atoms with Crippen molar-refractivity contribution in [1.82, 2.24) is 10.3 Å². The first kappa shape index (κ1) is 11.7. The van der Waals surface area contributed by atoms with E-state index < -0.39 is 0 Å². The summed E-state index contributed by atoms with van der Waals surface area (Å²) >= 11 is 0. The molecule has 0 fully saturated rings. The highest BCUT2D eigenvalue weighted by Gasteiger charge is 2.08. The summed E-state index contributed by atoms with van der Waals surface area (Å²) in [7, 11) is 0. The van der Waals surface area contributed by atoms with Crippen LogP contribution in [0.4, 0.5) is 0 Å². The lowest BCUT2D eigenvalue weighted by Gasteiger charge is -2.13. The quantitative estimate of drug-likeness (QED) is 0.759. The predicted molar refractivity (Wildman–Crippen MR) is 57.1 cm³/mol. The lowest BCUT2D eigenvalue weighted by atomic mass is 10.1. The summed E-state index contributed by atoms with van der Waals surface area (Å²) in [6.07, 6.45) is 4.28. The standard InChI is InChI=1S/C11H16N2O2/c1-9(10-4-6-12-7-5-10)13-11(15)3-2-8-14/h4-7,9,14H,2-3,8H2,1H3,(H,13,15)/t9-/m0/s1. The summed E-state index contributed by atoms with van der Waals surface area (Å²) in [6, 6.07) is 3.73. The van der Waals surface area contributed by atoms with Crippen molar-refractivity contribution >= 4 is 5.91 Å². The number of nitrogens with one attached hydrogen (secondary N) is 1. The predicted octanol–water partition coefficient (Wildman–Crippen LogP) is 1.03. The number of aliphatic hydroxyl groups excluding tert-OH is 1. The SMILES string of the molecule is C[C@H](NC(=O)CCCO)c1ccncc1. The Morgan fingerprint density at radius 1 is 1.53 bits per heavy atom. The molecule has 1 amide bonds. The zero-order chi connectivity index (χ0) is 11.1. The first-order valence-corrected chi connectivity index (χ1v) is 5.04. The molecule has 1 atom stereocenters. The average molecular weight is 208 g/mol. The number of carbonyl (C=O) groups excluding carboxylic acids is 1. The van der Waals surface area contributed by atoms with E-state index in [-0.39, 0.29) is 18.6 Å². The molecule has 4 nitrogen and oxygen atoms in total. The van der Waals surface area contributed by atoms with Crippen molar-refractivity contribution in [1.29, 1.82) is 0 Å². The van der Waals surface area contributed by atoms with Gasteiger partial charge < -0.3 is 10.4 Å². The number of amides is 1. The zero-order valence-electron chi connectivity index (χ0n) is 8.81. The second kappa shape index (κ2) is 6.14. The van der Waals surface area contributed by atoms with Crippen molar-refractivity contribution in [3.05, 3.63) is 30.1 Å². The molecular weight excluding hydrogens is 192 g/mol. The first-order valence-electron chi connectivity index (χ1n) is 5.04. The molecule has 15 heavy (non-hydrogen) atoms. The molecule has 0 aliphatic carbocycles. The number of nitrogens with zero attached hydrogens (tertiary/aromatic N) is 1. The van der Waals surface area contributed by atoms with E-state index >= 15 is 0 Å². The molecular formula is C11H16N2O2. The van der Waals surface area contributed by atoms with E-state index in [1.807, 2.05) is 19.1 Å². The van der Waals surface area contributed by atoms with E-state index in [4.69, 9.17) is 5.11 Å². The van der Waals surface area contributed by atoms with E-state index in [9.17, 15) is 4.79 Å². The molecule has 1 heterocycles. The Balaban J connectivity index is 2.42. The van der Waals surface area contributed by atoms with Crippen molar-refractivity contribution in [3.8, 4) is 0 Å². The van der Waals surface area contributed by atoms with Gasteiger partial charge in [0, 0.05) is 25.4 Å². The van der Waals surface area contributed by atoms with Gasteiger partial charge in [-0.15, -0.1) is 0 Å². The maximum atomic E-state index is 11.3. The molecule has 0 radical (unpaired) electrons. The molecule has 2 N–H and O–H groups in total. The molecule has 1 aromatic rings. The van der Waals surface area contributed by atoms with Gasteiger partial charge in [-0.05, 0) is 31.0 Å². The van der Waals surface area contributed by atoms with Crippen LogP contribution >= 0.6 is 0 Å². The Morgan fingerprint density at radius 2 is 2.20 bits per heavy atom. The van der Waals surface area contributed by atoms with Crippen molar-refractivity contribution in [2.45, 2.75) is 25.8 Å². The van der Waals surface area contributed by atoms with Gasteiger partial charge in [-0.1, -0.05) is 0 Å². The van der Waals surface area contributed by atoms with Crippen LogP contribution in [0.1, 0.15) is 31.4 Å². The minimum Gasteiger partial charge on any atom is -0.396 e. The number of rotatable bonds is 5. The van der Waals surface area contributed by atoms with E-state index in [1.165, 1.54) is 0 Å². The summed E-state index contributed by atoms with van der Waals surface area (Å²) < 4.78 is 0. The largest absolute Gasteiger partial charge is 0.396 e. The van der Waals surface area contributed by atoms with Crippen LogP contribution in [0.2, 0.25) is 0 Å². The maximum Gasteiger partial charge on any atom is 0.220 e. The molecule has 0 aliphatic rings. The maximum absolute atomic E-state index is 11.3. The number of carbonyl (C=O) groups is 1. The van der Waals surface area contributed by atoms with Gasteiger partial charge in [-0.3, -0.25) is 9.78 Å². The summed E-state index contributed by atoms with van der Waals surface area (Å²) in [6.45, 7) is 1.98. The Kier molecular flexibility index (Phi) is 4.77. The monoisotopic (exact) mass is 208 g/mol. The van der Waals surface area contributed by atoms with Gasteiger partial charge in [0.05, 0.1) is 6.04 Å². The first-order chi connectivity index (χ1) is 7.24. The van der Waals surface area contributed by atoms with Gasteiger partial charge >= 0.3 is 0 Å². The fourth-order valence-electron chi connectivity index (χ4n) is 1.29. The van der Waals surface area contributed by atoms with Crippen LogP contribution in [-0.4, -0.2) is 22.6 Å². The van der Waals surface area contributed by atoms with Crippen LogP contribution in [0.3, 0.4) is 0 Å². The van der Waals surface area contributed by atoms with E-state index in [1.54, 1.807) is 12.4 Å². The number of hydrogen-bond donors (Lipinski definition) is 2. The summed E-state index contributed by atoms with van der Waals surface area (Å²) in [4.78, 5) is 15.3. The number of pyridine rings is 1. The molecule has 0 bridgehead atoms. The third kappa shape index (κ3) is 4.08. The number of aliphatic hydroxyl groups is 1. The minimum atomic E-state index is -0.0339. The minimum absolute atomic E-state index is 0.0146. The molecule has 1 rings (SSSR count). The molecule has 0 saturated carbocycles. The number of hydrogen-bond acceptors (Lipinski definition) is 3. The van der Waals surface area contributed by atoms with Crippen molar-refractivity contribution < 1.29 is 9.90 Å². The van der Waals surface area contributed by atoms with E-state index in [0.717, 1.165) is 5.56 Å². The topological polar surface area (TPSA) is 62.2 Å². The third-order valence-electron chi connectivity index (χ3n) is 2.15. The van der Waals surface area contributed by atoms with Crippen molar-refractivity contribution in [2.75, 3.05) is 6.61 Å². The smallest absolute Gasteiger partial charge is 0.220 e. The van der Waals surface area contributed by atoms with Crippen molar-refractivity contribution in [3.63, 3.8) is 0 Å². The van der Waals surface area contributed by atoms with Gasteiger partial charge in [0.2, 0.25) is 5.91 Å². The average Bonchev–Trinajstić information content (AvgIpc) is 2.27. The Hall–Kier alpha value is -1.42. The lowest BCUT2D eigenvalue weighted by Crippen LogP contribution is -2.26. The van der Waals surface area contributed by atoms with Gasteiger partial charge in [0.25, 0.3) is 0 Å². The van der Waals surface area contributed by atoms with Gasteiger partial charge in [0.1, 0.15) is 0 Å². The second-order valence-electron chi connectivity index (χ2n) is 3.40. The second-order valence-corrected chi connectivity index (χ2v) is 3.40. The Morgan fingerprint density at radius 3 is 2.80 bits per heavy atom. The van der Waals surface area contributed by atoms with Crippen LogP contribution in [0.5, 0.6) is 0 Å². The Labute approximate surface area is 89.3 Å². The molecule has 1 aromatic heterocycles. The van der Waals surface area contributed by atoms with Crippen LogP contribution in [0, 0.1) is 0 Å². The highest BCUT2D eigenvalue weighted by Crippen LogP contribution is 2.10. The fourth-order valence-corrected chi connectivity index (χ4v) is 1.29. The Bertz CT molecular complexity index is 301.